The van der Waals surface area contributed by atoms with Crippen LogP contribution in [0.4, 0.5) is 0 Å². The number of benzene rings is 4. The first kappa shape index (κ1) is 29.0. The van der Waals surface area contributed by atoms with Crippen molar-refractivity contribution < 1.29 is 36.9 Å². The summed E-state index contributed by atoms with van der Waals surface area (Å²) in [5.41, 5.74) is 3.79. The van der Waals surface area contributed by atoms with Crippen molar-refractivity contribution in [3.63, 3.8) is 0 Å². The van der Waals surface area contributed by atoms with Gasteiger partial charge in [-0.05, 0) is 76.2 Å². The lowest BCUT2D eigenvalue weighted by Gasteiger charge is -2.25. The fourth-order valence-electron chi connectivity index (χ4n) is 3.57. The van der Waals surface area contributed by atoms with Gasteiger partial charge in [0.15, 0.2) is 0 Å². The maximum atomic E-state index is 13.3. The molecule has 0 radical (unpaired) electrons. The molecule has 0 aliphatic carbocycles. The molecule has 0 heterocycles. The van der Waals surface area contributed by atoms with E-state index < -0.39 is 32.9 Å². The first-order valence-corrected chi connectivity index (χ1v) is 14.4. The molecule has 0 unspecified atom stereocenters. The molecule has 0 fully saturated rings. The highest BCUT2D eigenvalue weighted by atomic mass is 28.4. The minimum Gasteiger partial charge on any atom is -0.419 e. The highest BCUT2D eigenvalue weighted by Gasteiger charge is 2.63. The van der Waals surface area contributed by atoms with Gasteiger partial charge in [0.2, 0.25) is 0 Å². The third-order valence-electron chi connectivity index (χ3n) is 6.02. The zero-order valence-corrected chi connectivity index (χ0v) is 24.0. The van der Waals surface area contributed by atoms with Crippen LogP contribution < -0.4 is 0 Å². The van der Waals surface area contributed by atoms with Crippen molar-refractivity contribution in [2.24, 2.45) is 0 Å². The van der Waals surface area contributed by atoms with E-state index in [0.717, 1.165) is 22.3 Å². The van der Waals surface area contributed by atoms with E-state index in [4.69, 9.17) is 17.7 Å². The molecule has 0 bridgehead atoms. The van der Waals surface area contributed by atoms with Gasteiger partial charge in [-0.2, -0.15) is 0 Å². The number of hydrogen-bond acceptors (Lipinski definition) is 8. The minimum atomic E-state index is -5.23. The smallest absolute Gasteiger partial charge is 0.419 e. The van der Waals surface area contributed by atoms with Crippen molar-refractivity contribution in [3.05, 3.63) is 142 Å². The van der Waals surface area contributed by atoms with E-state index in [1.54, 1.807) is 48.5 Å². The van der Waals surface area contributed by atoms with Gasteiger partial charge in [0.1, 0.15) is 0 Å². The normalized spacial score (nSPS) is 10.8. The molecule has 4 aromatic carbocycles. The second-order valence-electron chi connectivity index (χ2n) is 9.52. The van der Waals surface area contributed by atoms with Gasteiger partial charge in [0.05, 0.1) is 22.3 Å². The SMILES string of the molecule is Cc1ccc(C(=O)O[Si](OC(=O)c2ccc(C)cc2)(OC(=O)c2ccc(C)cc2)OC(=O)c2ccc(C)cc2)cc1. The Balaban J connectivity index is 1.77. The van der Waals surface area contributed by atoms with Crippen LogP contribution in [0.3, 0.4) is 0 Å². The van der Waals surface area contributed by atoms with Gasteiger partial charge >= 0.3 is 32.9 Å². The van der Waals surface area contributed by atoms with Crippen molar-refractivity contribution in [1.29, 1.82) is 0 Å². The summed E-state index contributed by atoms with van der Waals surface area (Å²) in [4.78, 5) is 53.2. The Morgan fingerprint density at radius 3 is 0.707 bits per heavy atom. The van der Waals surface area contributed by atoms with Crippen LogP contribution in [0.15, 0.2) is 97.1 Å². The van der Waals surface area contributed by atoms with Crippen molar-refractivity contribution in [2.75, 3.05) is 0 Å². The van der Waals surface area contributed by atoms with Crippen LogP contribution in [-0.4, -0.2) is 32.9 Å². The van der Waals surface area contributed by atoms with Gasteiger partial charge in [-0.3, -0.25) is 0 Å². The number of carbonyl (C=O) groups is 4. The summed E-state index contributed by atoms with van der Waals surface area (Å²) in [5, 5.41) is 0. The van der Waals surface area contributed by atoms with Crippen molar-refractivity contribution in [2.45, 2.75) is 27.7 Å². The van der Waals surface area contributed by atoms with Gasteiger partial charge in [-0.1, -0.05) is 70.8 Å². The molecule has 0 aliphatic heterocycles. The molecule has 9 heteroatoms. The summed E-state index contributed by atoms with van der Waals surface area (Å²) in [7, 11) is -5.23. The van der Waals surface area contributed by atoms with Gasteiger partial charge in [-0.25, -0.2) is 19.2 Å². The maximum Gasteiger partial charge on any atom is 0.975 e. The van der Waals surface area contributed by atoms with Gasteiger partial charge < -0.3 is 17.7 Å². The van der Waals surface area contributed by atoms with Crippen LogP contribution in [0.2, 0.25) is 0 Å². The Morgan fingerprint density at radius 2 is 0.537 bits per heavy atom. The topological polar surface area (TPSA) is 105 Å². The summed E-state index contributed by atoms with van der Waals surface area (Å²) in [6.07, 6.45) is 0. The first-order chi connectivity index (χ1) is 19.5. The predicted molar refractivity (Wildman–Crippen MR) is 152 cm³/mol. The zero-order valence-electron chi connectivity index (χ0n) is 23.0. The van der Waals surface area contributed by atoms with Crippen LogP contribution in [0.1, 0.15) is 63.7 Å². The Labute approximate surface area is 238 Å². The molecule has 0 aromatic heterocycles. The summed E-state index contributed by atoms with van der Waals surface area (Å²) in [6, 6.07) is 25.3. The molecular formula is C32H28O8Si. The Kier molecular flexibility index (Phi) is 8.79. The molecule has 0 amide bonds. The summed E-state index contributed by atoms with van der Waals surface area (Å²) in [6.45, 7) is 7.35. The van der Waals surface area contributed by atoms with Crippen LogP contribution >= 0.6 is 0 Å². The number of aryl methyl sites for hydroxylation is 4. The standard InChI is InChI=1S/C32H28O8Si/c1-21-5-13-25(14-6-21)29(33)37-41(38-30(34)26-15-7-22(2)8-16-26,39-31(35)27-17-9-23(3)10-18-27)40-32(36)28-19-11-24(4)12-20-28/h5-20H,1-4H3. The summed E-state index contributed by atoms with van der Waals surface area (Å²) < 4.78 is 22.3. The monoisotopic (exact) mass is 568 g/mol. The van der Waals surface area contributed by atoms with Crippen molar-refractivity contribution >= 4 is 32.9 Å². The lowest BCUT2D eigenvalue weighted by Crippen LogP contribution is -2.54. The number of hydrogen-bond donors (Lipinski definition) is 0. The average molecular weight is 569 g/mol. The van der Waals surface area contributed by atoms with E-state index in [1.807, 2.05) is 27.7 Å². The lowest BCUT2D eigenvalue weighted by atomic mass is 10.2. The number of carbonyl (C=O) groups excluding carboxylic acids is 4. The van der Waals surface area contributed by atoms with Crippen molar-refractivity contribution in [3.8, 4) is 0 Å². The molecule has 4 aromatic rings. The zero-order chi connectivity index (χ0) is 29.6. The predicted octanol–water partition coefficient (Wildman–Crippen LogP) is 6.08. The van der Waals surface area contributed by atoms with Crippen LogP contribution in [0, 0.1) is 27.7 Å². The quantitative estimate of drug-likeness (QED) is 0.235. The largest absolute Gasteiger partial charge is 0.975 e. The number of rotatable bonds is 8. The highest BCUT2D eigenvalue weighted by molar-refractivity contribution is 6.62. The van der Waals surface area contributed by atoms with E-state index in [-0.39, 0.29) is 22.3 Å². The van der Waals surface area contributed by atoms with Crippen LogP contribution in [0.25, 0.3) is 0 Å². The lowest BCUT2D eigenvalue weighted by molar-refractivity contribution is -0.00327. The molecule has 8 nitrogen and oxygen atoms in total. The van der Waals surface area contributed by atoms with E-state index in [0.29, 0.717) is 0 Å². The third kappa shape index (κ3) is 7.55. The molecule has 41 heavy (non-hydrogen) atoms. The Hall–Kier alpha value is -5.02. The molecule has 0 aliphatic rings. The van der Waals surface area contributed by atoms with Crippen molar-refractivity contribution in [1.82, 2.24) is 0 Å². The van der Waals surface area contributed by atoms with Gasteiger partial charge in [0, 0.05) is 0 Å². The molecular weight excluding hydrogens is 540 g/mol. The average Bonchev–Trinajstić information content (AvgIpc) is 2.94. The molecule has 208 valence electrons. The van der Waals surface area contributed by atoms with Crippen LogP contribution in [0.5, 0.6) is 0 Å². The fourth-order valence-corrected chi connectivity index (χ4v) is 5.20. The van der Waals surface area contributed by atoms with E-state index in [2.05, 4.69) is 0 Å². The highest BCUT2D eigenvalue weighted by Crippen LogP contribution is 2.23. The maximum absolute atomic E-state index is 13.3. The molecule has 0 saturated heterocycles. The van der Waals surface area contributed by atoms with E-state index >= 15 is 0 Å². The van der Waals surface area contributed by atoms with E-state index in [1.165, 1.54) is 48.5 Å². The molecule has 0 spiro atoms. The molecule has 4 rings (SSSR count). The van der Waals surface area contributed by atoms with Gasteiger partial charge in [0.25, 0.3) is 0 Å². The summed E-state index contributed by atoms with van der Waals surface area (Å²) in [5.74, 6) is -4.05. The first-order valence-electron chi connectivity index (χ1n) is 12.7. The molecule has 0 saturated carbocycles. The fraction of sp³-hybridized carbons (Fsp3) is 0.125. The van der Waals surface area contributed by atoms with E-state index in [9.17, 15) is 19.2 Å². The second-order valence-corrected chi connectivity index (χ2v) is 11.3. The molecule has 0 atom stereocenters. The third-order valence-corrected chi connectivity index (χ3v) is 7.76. The Morgan fingerprint density at radius 1 is 0.366 bits per heavy atom. The summed E-state index contributed by atoms with van der Waals surface area (Å²) >= 11 is 0. The van der Waals surface area contributed by atoms with Gasteiger partial charge in [-0.15, -0.1) is 0 Å². The van der Waals surface area contributed by atoms with Crippen LogP contribution in [-0.2, 0) is 17.7 Å². The minimum absolute atomic E-state index is 0.0663. The Bertz CT molecular complexity index is 1320. The molecule has 0 N–H and O–H groups in total. The second kappa shape index (κ2) is 12.4.